The van der Waals surface area contributed by atoms with Gasteiger partial charge in [0.05, 0.1) is 6.42 Å². The van der Waals surface area contributed by atoms with E-state index in [1.165, 1.54) is 17.0 Å². The molecule has 3 N–H and O–H groups in total. The Kier molecular flexibility index (Phi) is 5.05. The summed E-state index contributed by atoms with van der Waals surface area (Å²) < 4.78 is 0. The summed E-state index contributed by atoms with van der Waals surface area (Å²) in [6.45, 7) is 2.29. The van der Waals surface area contributed by atoms with Crippen LogP contribution in [0.3, 0.4) is 0 Å². The van der Waals surface area contributed by atoms with Gasteiger partial charge in [0.25, 0.3) is 5.91 Å². The van der Waals surface area contributed by atoms with E-state index in [0.29, 0.717) is 12.1 Å². The summed E-state index contributed by atoms with van der Waals surface area (Å²) >= 11 is 0. The van der Waals surface area contributed by atoms with Gasteiger partial charge in [-0.1, -0.05) is 6.07 Å². The van der Waals surface area contributed by atoms with Gasteiger partial charge < -0.3 is 15.7 Å². The molecule has 0 aromatic heterocycles. The number of hydrogen-bond acceptors (Lipinski definition) is 3. The molecule has 102 valence electrons. The fraction of sp³-hybridized carbons (Fsp3) is 0.308. The summed E-state index contributed by atoms with van der Waals surface area (Å²) in [7, 11) is 0. The molecule has 19 heavy (non-hydrogen) atoms. The molecule has 6 nitrogen and oxygen atoms in total. The minimum absolute atomic E-state index is 0.116. The van der Waals surface area contributed by atoms with E-state index >= 15 is 0 Å². The van der Waals surface area contributed by atoms with Crippen LogP contribution in [0.4, 0.5) is 0 Å². The number of carboxylic acids is 1. The Hall–Kier alpha value is -2.37. The lowest BCUT2D eigenvalue weighted by atomic mass is 10.1. The maximum absolute atomic E-state index is 12.1. The highest BCUT2D eigenvalue weighted by Gasteiger charge is 2.16. The fourth-order valence-corrected chi connectivity index (χ4v) is 1.62. The van der Waals surface area contributed by atoms with Gasteiger partial charge >= 0.3 is 5.97 Å². The van der Waals surface area contributed by atoms with Gasteiger partial charge in [0.15, 0.2) is 0 Å². The normalized spacial score (nSPS) is 9.95. The second-order valence-corrected chi connectivity index (χ2v) is 3.97. The summed E-state index contributed by atoms with van der Waals surface area (Å²) in [6, 6.07) is 6.07. The number of carboxylic acid groups (broad SMARTS) is 1. The molecule has 6 heteroatoms. The minimum Gasteiger partial charge on any atom is -0.481 e. The second kappa shape index (κ2) is 6.53. The predicted octanol–water partition coefficient (Wildman–Crippen LogP) is 0.722. The predicted molar refractivity (Wildman–Crippen MR) is 68.8 cm³/mol. The van der Waals surface area contributed by atoms with E-state index < -0.39 is 11.9 Å². The van der Waals surface area contributed by atoms with E-state index in [2.05, 4.69) is 0 Å². The molecule has 0 radical (unpaired) electrons. The Bertz CT molecular complexity index is 499. The molecule has 0 aliphatic carbocycles. The average molecular weight is 264 g/mol. The van der Waals surface area contributed by atoms with Crippen LogP contribution in [0.1, 0.15) is 34.1 Å². The van der Waals surface area contributed by atoms with Gasteiger partial charge in [-0.15, -0.1) is 0 Å². The van der Waals surface area contributed by atoms with Crippen molar-refractivity contribution in [1.82, 2.24) is 4.90 Å². The minimum atomic E-state index is -0.961. The second-order valence-electron chi connectivity index (χ2n) is 3.97. The highest BCUT2D eigenvalue weighted by molar-refractivity contribution is 5.99. The zero-order valence-corrected chi connectivity index (χ0v) is 10.6. The van der Waals surface area contributed by atoms with Gasteiger partial charge in [-0.3, -0.25) is 14.4 Å². The number of aliphatic carboxylic acids is 1. The Balaban J connectivity index is 2.87. The third-order valence-electron chi connectivity index (χ3n) is 2.66. The van der Waals surface area contributed by atoms with Crippen molar-refractivity contribution in [2.75, 3.05) is 13.1 Å². The van der Waals surface area contributed by atoms with E-state index in [0.717, 1.165) is 0 Å². The monoisotopic (exact) mass is 264 g/mol. The zero-order chi connectivity index (χ0) is 14.4. The quantitative estimate of drug-likeness (QED) is 0.790. The standard InChI is InChI=1S/C13H16N2O4/c1-2-15(7-6-11(16)17)13(19)10-5-3-4-9(8-10)12(14)18/h3-5,8H,2,6-7H2,1H3,(H2,14,18)(H,16,17). The van der Waals surface area contributed by atoms with E-state index in [9.17, 15) is 14.4 Å². The molecule has 0 aliphatic heterocycles. The first-order valence-electron chi connectivity index (χ1n) is 5.86. The van der Waals surface area contributed by atoms with Crippen LogP contribution in [0.25, 0.3) is 0 Å². The lowest BCUT2D eigenvalue weighted by Crippen LogP contribution is -2.33. The van der Waals surface area contributed by atoms with Crippen molar-refractivity contribution in [1.29, 1.82) is 0 Å². The molecule has 1 rings (SSSR count). The van der Waals surface area contributed by atoms with Crippen LogP contribution in [-0.4, -0.2) is 40.9 Å². The number of carbonyl (C=O) groups excluding carboxylic acids is 2. The number of amides is 2. The van der Waals surface area contributed by atoms with Crippen LogP contribution in [0, 0.1) is 0 Å². The molecule has 0 unspecified atom stereocenters. The Morgan fingerprint density at radius 3 is 2.42 bits per heavy atom. The average Bonchev–Trinajstić information content (AvgIpc) is 2.39. The number of rotatable bonds is 6. The summed E-state index contributed by atoms with van der Waals surface area (Å²) in [5.74, 6) is -1.88. The lowest BCUT2D eigenvalue weighted by Gasteiger charge is -2.20. The van der Waals surface area contributed by atoms with Gasteiger partial charge in [-0.05, 0) is 25.1 Å². The maximum atomic E-state index is 12.1. The van der Waals surface area contributed by atoms with Crippen molar-refractivity contribution in [2.24, 2.45) is 5.73 Å². The van der Waals surface area contributed by atoms with E-state index in [1.807, 2.05) is 0 Å². The van der Waals surface area contributed by atoms with Crippen molar-refractivity contribution in [3.05, 3.63) is 35.4 Å². The van der Waals surface area contributed by atoms with Crippen LogP contribution >= 0.6 is 0 Å². The van der Waals surface area contributed by atoms with Crippen molar-refractivity contribution in [3.8, 4) is 0 Å². The van der Waals surface area contributed by atoms with Crippen molar-refractivity contribution in [2.45, 2.75) is 13.3 Å². The molecular formula is C13H16N2O4. The first-order valence-corrected chi connectivity index (χ1v) is 5.86. The molecular weight excluding hydrogens is 248 g/mol. The number of hydrogen-bond donors (Lipinski definition) is 2. The van der Waals surface area contributed by atoms with Crippen LogP contribution in [0.5, 0.6) is 0 Å². The summed E-state index contributed by atoms with van der Waals surface area (Å²) in [4.78, 5) is 35.1. The van der Waals surface area contributed by atoms with Crippen LogP contribution in [0.2, 0.25) is 0 Å². The van der Waals surface area contributed by atoms with Crippen molar-refractivity contribution >= 4 is 17.8 Å². The smallest absolute Gasteiger partial charge is 0.305 e. The van der Waals surface area contributed by atoms with Gasteiger partial charge in [-0.2, -0.15) is 0 Å². The molecule has 0 atom stereocenters. The van der Waals surface area contributed by atoms with Gasteiger partial charge in [0.2, 0.25) is 5.91 Å². The molecule has 1 aromatic rings. The summed E-state index contributed by atoms with van der Waals surface area (Å²) in [6.07, 6.45) is -0.116. The number of primary amides is 1. The fourth-order valence-electron chi connectivity index (χ4n) is 1.62. The Morgan fingerprint density at radius 1 is 1.26 bits per heavy atom. The first kappa shape index (κ1) is 14.7. The molecule has 0 spiro atoms. The van der Waals surface area contributed by atoms with Crippen LogP contribution in [-0.2, 0) is 4.79 Å². The molecule has 0 saturated heterocycles. The zero-order valence-electron chi connectivity index (χ0n) is 10.6. The summed E-state index contributed by atoms with van der Waals surface area (Å²) in [5.41, 5.74) is 5.72. The molecule has 1 aromatic carbocycles. The maximum Gasteiger partial charge on any atom is 0.305 e. The Labute approximate surface area is 110 Å². The topological polar surface area (TPSA) is 101 Å². The molecule has 0 fully saturated rings. The van der Waals surface area contributed by atoms with Crippen molar-refractivity contribution < 1.29 is 19.5 Å². The molecule has 2 amide bonds. The SMILES string of the molecule is CCN(CCC(=O)O)C(=O)c1cccc(C(N)=O)c1. The van der Waals surface area contributed by atoms with Crippen molar-refractivity contribution in [3.63, 3.8) is 0 Å². The van der Waals surface area contributed by atoms with Gasteiger partial charge in [0, 0.05) is 24.2 Å². The number of nitrogens with two attached hydrogens (primary N) is 1. The Morgan fingerprint density at radius 2 is 1.89 bits per heavy atom. The largest absolute Gasteiger partial charge is 0.481 e. The van der Waals surface area contributed by atoms with Crippen LogP contribution < -0.4 is 5.73 Å². The number of nitrogens with zero attached hydrogens (tertiary/aromatic N) is 1. The molecule has 0 heterocycles. The number of carbonyl (C=O) groups is 3. The van der Waals surface area contributed by atoms with Gasteiger partial charge in [-0.25, -0.2) is 0 Å². The van der Waals surface area contributed by atoms with E-state index in [-0.39, 0.29) is 24.4 Å². The van der Waals surface area contributed by atoms with E-state index in [4.69, 9.17) is 10.8 Å². The molecule has 0 saturated carbocycles. The van der Waals surface area contributed by atoms with E-state index in [1.54, 1.807) is 19.1 Å². The lowest BCUT2D eigenvalue weighted by molar-refractivity contribution is -0.137. The molecule has 0 aliphatic rings. The summed E-state index contributed by atoms with van der Waals surface area (Å²) in [5, 5.41) is 8.63. The third-order valence-corrected chi connectivity index (χ3v) is 2.66. The highest BCUT2D eigenvalue weighted by Crippen LogP contribution is 2.09. The highest BCUT2D eigenvalue weighted by atomic mass is 16.4. The van der Waals surface area contributed by atoms with Gasteiger partial charge in [0.1, 0.15) is 0 Å². The molecule has 0 bridgehead atoms. The first-order chi connectivity index (χ1) is 8.95. The van der Waals surface area contributed by atoms with Crippen LogP contribution in [0.15, 0.2) is 24.3 Å². The third kappa shape index (κ3) is 4.09. The number of benzene rings is 1.